The first-order valence-electron chi connectivity index (χ1n) is 5.22. The molecule has 96 valence electrons. The van der Waals surface area contributed by atoms with Crippen LogP contribution in [0.2, 0.25) is 0 Å². The van der Waals surface area contributed by atoms with E-state index in [1.165, 1.54) is 0 Å². The second-order valence-corrected chi connectivity index (χ2v) is 5.93. The average Bonchev–Trinajstić information content (AvgIpc) is 2.74. The van der Waals surface area contributed by atoms with E-state index in [4.69, 9.17) is 14.6 Å². The molecule has 0 amide bonds. The Kier molecular flexibility index (Phi) is 2.34. The number of ether oxygens (including phenoxy) is 2. The van der Waals surface area contributed by atoms with Crippen molar-refractivity contribution in [1.82, 2.24) is 4.90 Å². The van der Waals surface area contributed by atoms with Crippen LogP contribution in [0.5, 0.6) is 0 Å². The number of rotatable bonds is 1. The molecule has 0 bridgehead atoms. The highest BCUT2D eigenvalue weighted by Crippen LogP contribution is 2.33. The number of aliphatic hydroxyl groups is 2. The lowest BCUT2D eigenvalue weighted by molar-refractivity contribution is -0.0551. The third kappa shape index (κ3) is 1.61. The predicted molar refractivity (Wildman–Crippen MR) is 54.6 cm³/mol. The Morgan fingerprint density at radius 2 is 2.29 bits per heavy atom. The topological polar surface area (TPSA) is 109 Å². The number of hydrogen-bond acceptors (Lipinski definition) is 7. The monoisotopic (exact) mass is 264 g/mol. The standard InChI is InChI=1S/C8H12N2O6S/c11-3-4-5(12)6-7(15-4)10-1-2-17(13,14)9-8(10)16-6/h4-7,11-12H,1-3H2. The van der Waals surface area contributed by atoms with Gasteiger partial charge in [-0.3, -0.25) is 4.90 Å². The summed E-state index contributed by atoms with van der Waals surface area (Å²) >= 11 is 0. The van der Waals surface area contributed by atoms with Crippen molar-refractivity contribution in [2.75, 3.05) is 18.9 Å². The summed E-state index contributed by atoms with van der Waals surface area (Å²) in [5.74, 6) is -0.105. The summed E-state index contributed by atoms with van der Waals surface area (Å²) in [4.78, 5) is 1.56. The van der Waals surface area contributed by atoms with Crippen LogP contribution in [-0.4, -0.2) is 73.0 Å². The van der Waals surface area contributed by atoms with Gasteiger partial charge in [-0.1, -0.05) is 0 Å². The fourth-order valence-electron chi connectivity index (χ4n) is 2.22. The van der Waals surface area contributed by atoms with E-state index in [-0.39, 0.29) is 24.9 Å². The zero-order chi connectivity index (χ0) is 12.2. The van der Waals surface area contributed by atoms with Crippen LogP contribution in [0.1, 0.15) is 0 Å². The molecule has 0 radical (unpaired) electrons. The Bertz CT molecular complexity index is 463. The van der Waals surface area contributed by atoms with Crippen molar-refractivity contribution < 1.29 is 28.1 Å². The van der Waals surface area contributed by atoms with E-state index in [0.717, 1.165) is 0 Å². The molecule has 2 saturated heterocycles. The first-order chi connectivity index (χ1) is 8.02. The number of nitrogens with zero attached hydrogens (tertiary/aromatic N) is 2. The fourth-order valence-corrected chi connectivity index (χ4v) is 3.13. The molecule has 17 heavy (non-hydrogen) atoms. The lowest BCUT2D eigenvalue weighted by Gasteiger charge is -2.25. The van der Waals surface area contributed by atoms with Crippen molar-refractivity contribution in [1.29, 1.82) is 0 Å². The Balaban J connectivity index is 1.89. The minimum absolute atomic E-state index is 0.0262. The summed E-state index contributed by atoms with van der Waals surface area (Å²) in [5.41, 5.74) is 0. The smallest absolute Gasteiger partial charge is 0.305 e. The SMILES string of the molecule is O=S1(=O)CCN2C(=N1)OC1C(O)C(CO)OC12. The van der Waals surface area contributed by atoms with Gasteiger partial charge in [0, 0.05) is 6.54 Å². The van der Waals surface area contributed by atoms with Gasteiger partial charge in [-0.05, 0) is 0 Å². The summed E-state index contributed by atoms with van der Waals surface area (Å²) in [6.45, 7) is -0.0939. The van der Waals surface area contributed by atoms with Gasteiger partial charge in [-0.15, -0.1) is 4.40 Å². The van der Waals surface area contributed by atoms with Crippen LogP contribution in [0.25, 0.3) is 0 Å². The second kappa shape index (κ2) is 3.55. The molecule has 3 heterocycles. The van der Waals surface area contributed by atoms with Crippen LogP contribution in [0.4, 0.5) is 0 Å². The highest BCUT2D eigenvalue weighted by atomic mass is 32.2. The van der Waals surface area contributed by atoms with Crippen LogP contribution in [0.3, 0.4) is 0 Å². The van der Waals surface area contributed by atoms with Crippen molar-refractivity contribution in [3.63, 3.8) is 0 Å². The van der Waals surface area contributed by atoms with Crippen molar-refractivity contribution in [3.05, 3.63) is 0 Å². The van der Waals surface area contributed by atoms with Gasteiger partial charge >= 0.3 is 6.02 Å². The Morgan fingerprint density at radius 1 is 1.53 bits per heavy atom. The molecule has 0 aromatic carbocycles. The first-order valence-corrected chi connectivity index (χ1v) is 6.83. The predicted octanol–water partition coefficient (Wildman–Crippen LogP) is -2.54. The van der Waals surface area contributed by atoms with Gasteiger partial charge in [-0.25, -0.2) is 8.42 Å². The highest BCUT2D eigenvalue weighted by molar-refractivity contribution is 7.90. The van der Waals surface area contributed by atoms with Gasteiger partial charge in [0.2, 0.25) is 0 Å². The van der Waals surface area contributed by atoms with Crippen LogP contribution in [0, 0.1) is 0 Å². The van der Waals surface area contributed by atoms with Crippen LogP contribution < -0.4 is 0 Å². The summed E-state index contributed by atoms with van der Waals surface area (Å²) < 4.78 is 36.7. The molecule has 0 aromatic rings. The second-order valence-electron chi connectivity index (χ2n) is 4.17. The van der Waals surface area contributed by atoms with Crippen molar-refractivity contribution in [3.8, 4) is 0 Å². The first kappa shape index (κ1) is 11.2. The van der Waals surface area contributed by atoms with Gasteiger partial charge in [0.15, 0.2) is 12.3 Å². The van der Waals surface area contributed by atoms with Gasteiger partial charge in [0.25, 0.3) is 10.0 Å². The molecular formula is C8H12N2O6S. The number of amidine groups is 1. The molecule has 2 N–H and O–H groups in total. The largest absolute Gasteiger partial charge is 0.453 e. The Labute approximate surface area is 97.5 Å². The van der Waals surface area contributed by atoms with Gasteiger partial charge in [0.1, 0.15) is 12.2 Å². The maximum Gasteiger partial charge on any atom is 0.305 e. The van der Waals surface area contributed by atoms with E-state index in [1.54, 1.807) is 4.90 Å². The molecule has 3 rings (SSSR count). The van der Waals surface area contributed by atoms with Crippen LogP contribution in [-0.2, 0) is 19.5 Å². The zero-order valence-electron chi connectivity index (χ0n) is 8.76. The third-order valence-corrected chi connectivity index (χ3v) is 4.23. The van der Waals surface area contributed by atoms with E-state index in [0.29, 0.717) is 0 Å². The number of fused-ring (bicyclic) bond motifs is 3. The van der Waals surface area contributed by atoms with E-state index < -0.39 is 34.6 Å². The molecule has 9 heteroatoms. The molecule has 4 unspecified atom stereocenters. The summed E-state index contributed by atoms with van der Waals surface area (Å²) in [6, 6.07) is -0.0262. The molecular weight excluding hydrogens is 252 g/mol. The van der Waals surface area contributed by atoms with Crippen molar-refractivity contribution >= 4 is 16.0 Å². The molecule has 3 aliphatic rings. The van der Waals surface area contributed by atoms with E-state index in [2.05, 4.69) is 4.40 Å². The number of sulfonamides is 1. The number of aliphatic hydroxyl groups excluding tert-OH is 2. The van der Waals surface area contributed by atoms with E-state index in [9.17, 15) is 13.5 Å². The van der Waals surface area contributed by atoms with Crippen LogP contribution >= 0.6 is 0 Å². The maximum absolute atomic E-state index is 11.3. The lowest BCUT2D eigenvalue weighted by atomic mass is 10.1. The maximum atomic E-state index is 11.3. The minimum atomic E-state index is -3.47. The Hall–Kier alpha value is -0.900. The molecule has 0 spiro atoms. The third-order valence-electron chi connectivity index (χ3n) is 3.09. The zero-order valence-corrected chi connectivity index (χ0v) is 9.58. The molecule has 0 saturated carbocycles. The summed E-state index contributed by atoms with van der Waals surface area (Å²) in [7, 11) is -3.47. The molecule has 0 aromatic heterocycles. The summed E-state index contributed by atoms with van der Waals surface area (Å²) in [5, 5.41) is 18.8. The van der Waals surface area contributed by atoms with Crippen molar-refractivity contribution in [2.45, 2.75) is 24.5 Å². The van der Waals surface area contributed by atoms with Gasteiger partial charge in [-0.2, -0.15) is 0 Å². The minimum Gasteiger partial charge on any atom is -0.453 e. The average molecular weight is 264 g/mol. The molecule has 3 aliphatic heterocycles. The highest BCUT2D eigenvalue weighted by Gasteiger charge is 2.55. The molecule has 2 fully saturated rings. The van der Waals surface area contributed by atoms with Crippen molar-refractivity contribution in [2.24, 2.45) is 4.40 Å². The molecule has 0 aliphatic carbocycles. The Morgan fingerprint density at radius 3 is 3.00 bits per heavy atom. The fraction of sp³-hybridized carbons (Fsp3) is 0.875. The molecule has 8 nitrogen and oxygen atoms in total. The van der Waals surface area contributed by atoms with Gasteiger partial charge in [0.05, 0.1) is 12.4 Å². The normalized spacial score (nSPS) is 42.7. The lowest BCUT2D eigenvalue weighted by Crippen LogP contribution is -2.42. The summed E-state index contributed by atoms with van der Waals surface area (Å²) in [6.07, 6.45) is -2.96. The van der Waals surface area contributed by atoms with Gasteiger partial charge < -0.3 is 19.7 Å². The molecule has 4 atom stereocenters. The quantitative estimate of drug-likeness (QED) is 0.537. The van der Waals surface area contributed by atoms with E-state index in [1.807, 2.05) is 0 Å². The number of hydrogen-bond donors (Lipinski definition) is 2. The van der Waals surface area contributed by atoms with Crippen LogP contribution in [0.15, 0.2) is 4.40 Å². The van der Waals surface area contributed by atoms with E-state index >= 15 is 0 Å².